The average Bonchev–Trinajstić information content (AvgIpc) is 3.25. The zero-order chi connectivity index (χ0) is 18.0. The lowest BCUT2D eigenvalue weighted by molar-refractivity contribution is -0.122. The van der Waals surface area contributed by atoms with E-state index in [4.69, 9.17) is 28.9 Å². The number of halogens is 2. The van der Waals surface area contributed by atoms with Crippen molar-refractivity contribution in [3.8, 4) is 0 Å². The number of carbonyl (C=O) groups is 2. The van der Waals surface area contributed by atoms with Gasteiger partial charge in [-0.1, -0.05) is 11.6 Å². The number of amides is 2. The van der Waals surface area contributed by atoms with Crippen molar-refractivity contribution in [2.45, 2.75) is 24.7 Å². The van der Waals surface area contributed by atoms with Gasteiger partial charge < -0.3 is 11.1 Å². The Morgan fingerprint density at radius 1 is 1.36 bits per heavy atom. The average molecular weight is 398 g/mol. The van der Waals surface area contributed by atoms with Crippen LogP contribution in [0.2, 0.25) is 5.15 Å². The molecule has 1 aliphatic carbocycles. The van der Waals surface area contributed by atoms with Crippen LogP contribution >= 0.6 is 34.5 Å². The number of alkyl halides is 1. The summed E-state index contributed by atoms with van der Waals surface area (Å²) >= 11 is 13.4. The minimum Gasteiger partial charge on any atom is -0.369 e. The summed E-state index contributed by atoms with van der Waals surface area (Å²) in [6, 6.07) is 3.86. The van der Waals surface area contributed by atoms with Gasteiger partial charge in [0.15, 0.2) is 5.15 Å². The summed E-state index contributed by atoms with van der Waals surface area (Å²) in [5.74, 6) is -0.952. The van der Waals surface area contributed by atoms with E-state index in [2.05, 4.69) is 15.7 Å². The molecule has 3 N–H and O–H groups in total. The van der Waals surface area contributed by atoms with Gasteiger partial charge in [-0.05, 0) is 58.7 Å². The molecule has 8 heteroatoms. The standard InChI is InChI=1S/C17H17Cl2N3O2S/c18-7-14(23)22-15-11(1-3-21-16(15)19)10-5-12(9-2-4-25-8-9)13(6-10)17(20)24/h1-4,8,10,12-13H,5-7H2,(H2,20,24)(H,22,23). The van der Waals surface area contributed by atoms with Crippen LogP contribution in [0.4, 0.5) is 5.69 Å². The number of aromatic nitrogens is 1. The molecule has 0 radical (unpaired) electrons. The van der Waals surface area contributed by atoms with Crippen LogP contribution in [0.1, 0.15) is 35.8 Å². The lowest BCUT2D eigenvalue weighted by atomic mass is 9.90. The minimum atomic E-state index is -0.350. The third-order valence-corrected chi connectivity index (χ3v) is 5.89. The summed E-state index contributed by atoms with van der Waals surface area (Å²) in [7, 11) is 0. The largest absolute Gasteiger partial charge is 0.369 e. The number of rotatable bonds is 5. The molecule has 1 fully saturated rings. The molecule has 2 aromatic heterocycles. The van der Waals surface area contributed by atoms with Crippen LogP contribution in [0.3, 0.4) is 0 Å². The third-order valence-electron chi connectivity index (χ3n) is 4.66. The van der Waals surface area contributed by atoms with Crippen molar-refractivity contribution < 1.29 is 9.59 Å². The number of primary amides is 1. The van der Waals surface area contributed by atoms with Crippen LogP contribution in [0.5, 0.6) is 0 Å². The Balaban J connectivity index is 1.93. The highest BCUT2D eigenvalue weighted by atomic mass is 35.5. The monoisotopic (exact) mass is 397 g/mol. The SMILES string of the molecule is NC(=O)C1CC(c2ccnc(Cl)c2NC(=O)CCl)CC1c1ccsc1. The van der Waals surface area contributed by atoms with Gasteiger partial charge in [0.05, 0.1) is 5.69 Å². The first kappa shape index (κ1) is 18.2. The first-order valence-corrected chi connectivity index (χ1v) is 9.68. The zero-order valence-corrected chi connectivity index (χ0v) is 15.6. The summed E-state index contributed by atoms with van der Waals surface area (Å²) in [5, 5.41) is 6.98. The van der Waals surface area contributed by atoms with Crippen molar-refractivity contribution in [1.29, 1.82) is 0 Å². The predicted octanol–water partition coefficient (Wildman–Crippen LogP) is 3.74. The quantitative estimate of drug-likeness (QED) is 0.595. The van der Waals surface area contributed by atoms with Crippen molar-refractivity contribution in [2.24, 2.45) is 11.7 Å². The highest BCUT2D eigenvalue weighted by Gasteiger charge is 2.40. The van der Waals surface area contributed by atoms with E-state index < -0.39 is 0 Å². The Bertz CT molecular complexity index is 782. The van der Waals surface area contributed by atoms with Gasteiger partial charge in [0.25, 0.3) is 0 Å². The summed E-state index contributed by atoms with van der Waals surface area (Å²) in [4.78, 5) is 27.7. The van der Waals surface area contributed by atoms with Crippen LogP contribution in [-0.2, 0) is 9.59 Å². The molecule has 2 heterocycles. The van der Waals surface area contributed by atoms with Gasteiger partial charge in [-0.25, -0.2) is 4.98 Å². The van der Waals surface area contributed by atoms with Crippen LogP contribution in [0.15, 0.2) is 29.1 Å². The van der Waals surface area contributed by atoms with Gasteiger partial charge in [-0.15, -0.1) is 11.6 Å². The molecule has 0 aliphatic heterocycles. The van der Waals surface area contributed by atoms with Crippen molar-refractivity contribution in [2.75, 3.05) is 11.2 Å². The fraction of sp³-hybridized carbons (Fsp3) is 0.353. The van der Waals surface area contributed by atoms with Crippen molar-refractivity contribution in [3.63, 3.8) is 0 Å². The first-order valence-electron chi connectivity index (χ1n) is 7.82. The van der Waals surface area contributed by atoms with E-state index in [0.29, 0.717) is 12.1 Å². The molecule has 0 aromatic carbocycles. The van der Waals surface area contributed by atoms with E-state index in [1.54, 1.807) is 17.5 Å². The second-order valence-electron chi connectivity index (χ2n) is 6.09. The summed E-state index contributed by atoms with van der Waals surface area (Å²) in [5.41, 5.74) is 8.10. The molecule has 5 nitrogen and oxygen atoms in total. The van der Waals surface area contributed by atoms with E-state index in [1.165, 1.54) is 0 Å². The maximum atomic E-state index is 12.0. The predicted molar refractivity (Wildman–Crippen MR) is 100 cm³/mol. The Labute approximate surface area is 159 Å². The summed E-state index contributed by atoms with van der Waals surface area (Å²) in [6.07, 6.45) is 2.97. The molecule has 3 rings (SSSR count). The van der Waals surface area contributed by atoms with E-state index in [1.807, 2.05) is 17.5 Å². The lowest BCUT2D eigenvalue weighted by Crippen LogP contribution is -2.25. The molecule has 132 valence electrons. The molecule has 2 aromatic rings. The van der Waals surface area contributed by atoms with E-state index >= 15 is 0 Å². The maximum Gasteiger partial charge on any atom is 0.239 e. The molecule has 3 unspecified atom stereocenters. The first-order chi connectivity index (χ1) is 12.0. The molecular formula is C17H17Cl2N3O2S. The molecule has 2 amide bonds. The van der Waals surface area contributed by atoms with Crippen LogP contribution < -0.4 is 11.1 Å². The van der Waals surface area contributed by atoms with Crippen LogP contribution in [0, 0.1) is 5.92 Å². The van der Waals surface area contributed by atoms with Crippen molar-refractivity contribution >= 4 is 52.0 Å². The highest BCUT2D eigenvalue weighted by molar-refractivity contribution is 7.08. The number of nitrogens with two attached hydrogens (primary N) is 1. The summed E-state index contributed by atoms with van der Waals surface area (Å²) < 4.78 is 0. The van der Waals surface area contributed by atoms with Crippen LogP contribution in [-0.4, -0.2) is 22.7 Å². The van der Waals surface area contributed by atoms with Crippen molar-refractivity contribution in [3.05, 3.63) is 45.4 Å². The van der Waals surface area contributed by atoms with Gasteiger partial charge in [0.1, 0.15) is 5.88 Å². The molecule has 0 bridgehead atoms. The highest BCUT2D eigenvalue weighted by Crippen LogP contribution is 2.50. The second-order valence-corrected chi connectivity index (χ2v) is 7.49. The Kier molecular flexibility index (Phi) is 5.61. The van der Waals surface area contributed by atoms with Gasteiger partial charge in [0.2, 0.25) is 11.8 Å². The van der Waals surface area contributed by atoms with E-state index in [-0.39, 0.29) is 40.6 Å². The normalized spacial score (nSPS) is 22.7. The number of thiophene rings is 1. The molecule has 25 heavy (non-hydrogen) atoms. The second kappa shape index (κ2) is 7.72. The maximum absolute atomic E-state index is 12.0. The lowest BCUT2D eigenvalue weighted by Gasteiger charge is -2.17. The molecule has 3 atom stereocenters. The smallest absolute Gasteiger partial charge is 0.239 e. The number of pyridine rings is 1. The fourth-order valence-electron chi connectivity index (χ4n) is 3.55. The molecule has 0 spiro atoms. The fourth-order valence-corrected chi connectivity index (χ4v) is 4.55. The number of nitrogens with zero attached hydrogens (tertiary/aromatic N) is 1. The number of hydrogen-bond acceptors (Lipinski definition) is 4. The molecule has 1 saturated carbocycles. The molecule has 1 aliphatic rings. The molecule has 0 saturated heterocycles. The van der Waals surface area contributed by atoms with E-state index in [9.17, 15) is 9.59 Å². The van der Waals surface area contributed by atoms with Crippen molar-refractivity contribution in [1.82, 2.24) is 4.98 Å². The zero-order valence-electron chi connectivity index (χ0n) is 13.2. The number of hydrogen-bond donors (Lipinski definition) is 2. The molecular weight excluding hydrogens is 381 g/mol. The Hall–Kier alpha value is -1.63. The van der Waals surface area contributed by atoms with Gasteiger partial charge in [-0.2, -0.15) is 11.3 Å². The van der Waals surface area contributed by atoms with Gasteiger partial charge >= 0.3 is 0 Å². The van der Waals surface area contributed by atoms with Gasteiger partial charge in [0, 0.05) is 12.1 Å². The van der Waals surface area contributed by atoms with E-state index in [0.717, 1.165) is 17.5 Å². The topological polar surface area (TPSA) is 85.1 Å². The Morgan fingerprint density at radius 2 is 2.16 bits per heavy atom. The third kappa shape index (κ3) is 3.81. The van der Waals surface area contributed by atoms with Crippen LogP contribution in [0.25, 0.3) is 0 Å². The number of nitrogens with one attached hydrogen (secondary N) is 1. The minimum absolute atomic E-state index is 0.0496. The number of anilines is 1. The Morgan fingerprint density at radius 3 is 2.80 bits per heavy atom. The van der Waals surface area contributed by atoms with Gasteiger partial charge in [-0.3, -0.25) is 9.59 Å². The summed E-state index contributed by atoms with van der Waals surface area (Å²) in [6.45, 7) is 0. The number of carbonyl (C=O) groups excluding carboxylic acids is 2.